The maximum absolute atomic E-state index is 5.87. The second kappa shape index (κ2) is 5.80. The molecule has 1 aromatic rings. The lowest BCUT2D eigenvalue weighted by molar-refractivity contribution is -0.679. The molecule has 0 fully saturated rings. The number of pyridine rings is 1. The van der Waals surface area contributed by atoms with E-state index in [4.69, 9.17) is 5.73 Å². The Morgan fingerprint density at radius 1 is 1.41 bits per heavy atom. The third-order valence-electron chi connectivity index (χ3n) is 3.46. The van der Waals surface area contributed by atoms with Crippen molar-refractivity contribution in [2.45, 2.75) is 44.6 Å². The van der Waals surface area contributed by atoms with Gasteiger partial charge in [-0.3, -0.25) is 4.99 Å². The molecule has 0 bridgehead atoms. The molecule has 3 nitrogen and oxygen atoms in total. The number of hydrogen-bond acceptors (Lipinski definition) is 2. The normalized spacial score (nSPS) is 20.8. The first-order valence-corrected chi connectivity index (χ1v) is 6.51. The van der Waals surface area contributed by atoms with Crippen molar-refractivity contribution in [3.63, 3.8) is 0 Å². The van der Waals surface area contributed by atoms with Crippen molar-refractivity contribution < 1.29 is 4.57 Å². The molecule has 0 aliphatic carbocycles. The third-order valence-corrected chi connectivity index (χ3v) is 3.46. The van der Waals surface area contributed by atoms with E-state index in [1.807, 2.05) is 0 Å². The summed E-state index contributed by atoms with van der Waals surface area (Å²) >= 11 is 0. The van der Waals surface area contributed by atoms with Crippen LogP contribution in [0.25, 0.3) is 0 Å². The summed E-state index contributed by atoms with van der Waals surface area (Å²) in [5, 5.41) is 0. The molecule has 2 heterocycles. The van der Waals surface area contributed by atoms with Crippen LogP contribution in [0.4, 0.5) is 0 Å². The molecule has 1 aliphatic heterocycles. The molecule has 3 heteroatoms. The maximum atomic E-state index is 5.87. The molecule has 1 aliphatic rings. The second-order valence-corrected chi connectivity index (χ2v) is 4.86. The molecule has 0 amide bonds. The van der Waals surface area contributed by atoms with E-state index >= 15 is 0 Å². The topological polar surface area (TPSA) is 42.3 Å². The summed E-state index contributed by atoms with van der Waals surface area (Å²) in [5.74, 6) is 0.852. The summed E-state index contributed by atoms with van der Waals surface area (Å²) in [6.07, 6.45) is 8.92. The van der Waals surface area contributed by atoms with E-state index in [1.165, 1.54) is 25.0 Å². The van der Waals surface area contributed by atoms with E-state index in [1.54, 1.807) is 0 Å². The summed E-state index contributed by atoms with van der Waals surface area (Å²) in [7, 11) is 2.10. The van der Waals surface area contributed by atoms with Gasteiger partial charge in [-0.1, -0.05) is 12.5 Å². The summed E-state index contributed by atoms with van der Waals surface area (Å²) in [4.78, 5) is 4.61. The molecule has 0 saturated carbocycles. The smallest absolute Gasteiger partial charge is 0.181 e. The van der Waals surface area contributed by atoms with Crippen LogP contribution in [0.15, 0.2) is 29.4 Å². The Hall–Kier alpha value is -1.38. The van der Waals surface area contributed by atoms with E-state index in [9.17, 15) is 0 Å². The van der Waals surface area contributed by atoms with Gasteiger partial charge >= 0.3 is 0 Å². The Balaban J connectivity index is 1.93. The average molecular weight is 232 g/mol. The molecule has 0 saturated heterocycles. The van der Waals surface area contributed by atoms with Gasteiger partial charge in [-0.15, -0.1) is 0 Å². The molecule has 1 atom stereocenters. The number of nitrogens with two attached hydrogens (primary N) is 1. The minimum atomic E-state index is 0.428. The van der Waals surface area contributed by atoms with Crippen molar-refractivity contribution in [1.29, 1.82) is 0 Å². The zero-order chi connectivity index (χ0) is 12.1. The van der Waals surface area contributed by atoms with Crippen molar-refractivity contribution in [3.8, 4) is 0 Å². The number of hydrogen-bond donors (Lipinski definition) is 1. The number of aliphatic imine (C=N–C) groups is 1. The minimum Gasteiger partial charge on any atom is -0.387 e. The first kappa shape index (κ1) is 12.1. The van der Waals surface area contributed by atoms with Gasteiger partial charge in [-0.2, -0.15) is 0 Å². The van der Waals surface area contributed by atoms with Gasteiger partial charge in [0.15, 0.2) is 11.9 Å². The highest BCUT2D eigenvalue weighted by atomic mass is 14.9. The van der Waals surface area contributed by atoms with Crippen LogP contribution >= 0.6 is 0 Å². The van der Waals surface area contributed by atoms with Crippen molar-refractivity contribution in [2.75, 3.05) is 0 Å². The Labute approximate surface area is 103 Å². The quantitative estimate of drug-likeness (QED) is 0.793. The van der Waals surface area contributed by atoms with Gasteiger partial charge in [0.1, 0.15) is 7.05 Å². The van der Waals surface area contributed by atoms with Crippen LogP contribution < -0.4 is 10.3 Å². The molecule has 1 unspecified atom stereocenters. The number of aryl methyl sites for hydroxylation is 2. The van der Waals surface area contributed by atoms with Gasteiger partial charge in [-0.25, -0.2) is 4.57 Å². The van der Waals surface area contributed by atoms with Gasteiger partial charge in [0, 0.05) is 25.0 Å². The van der Waals surface area contributed by atoms with Crippen molar-refractivity contribution in [2.24, 2.45) is 17.8 Å². The van der Waals surface area contributed by atoms with Crippen LogP contribution in [-0.2, 0) is 13.5 Å². The fraction of sp³-hybridized carbons (Fsp3) is 0.571. The van der Waals surface area contributed by atoms with Crippen LogP contribution in [0.2, 0.25) is 0 Å². The molecular formula is C14H22N3+. The van der Waals surface area contributed by atoms with E-state index < -0.39 is 0 Å². The Kier molecular flexibility index (Phi) is 4.13. The highest BCUT2D eigenvalue weighted by molar-refractivity contribution is 5.80. The second-order valence-electron chi connectivity index (χ2n) is 4.86. The predicted octanol–water partition coefficient (Wildman–Crippen LogP) is 1.74. The highest BCUT2D eigenvalue weighted by Crippen LogP contribution is 2.16. The predicted molar refractivity (Wildman–Crippen MR) is 69.8 cm³/mol. The molecule has 92 valence electrons. The molecule has 1 aromatic heterocycles. The average Bonchev–Trinajstić information content (AvgIpc) is 2.53. The summed E-state index contributed by atoms with van der Waals surface area (Å²) in [5.41, 5.74) is 7.23. The van der Waals surface area contributed by atoms with Gasteiger partial charge in [-0.05, 0) is 19.3 Å². The molecule has 0 radical (unpaired) electrons. The molecule has 2 rings (SSSR count). The largest absolute Gasteiger partial charge is 0.387 e. The van der Waals surface area contributed by atoms with Gasteiger partial charge < -0.3 is 5.73 Å². The highest BCUT2D eigenvalue weighted by Gasteiger charge is 2.14. The minimum absolute atomic E-state index is 0.428. The lowest BCUT2D eigenvalue weighted by Crippen LogP contribution is -2.33. The van der Waals surface area contributed by atoms with Crippen molar-refractivity contribution in [1.82, 2.24) is 0 Å². The summed E-state index contributed by atoms with van der Waals surface area (Å²) in [6, 6.07) is 6.77. The fourth-order valence-electron chi connectivity index (χ4n) is 2.39. The van der Waals surface area contributed by atoms with E-state index in [0.717, 1.165) is 25.1 Å². The van der Waals surface area contributed by atoms with E-state index in [0.29, 0.717) is 6.04 Å². The van der Waals surface area contributed by atoms with Crippen molar-refractivity contribution in [3.05, 3.63) is 30.1 Å². The monoisotopic (exact) mass is 232 g/mol. The SMILES string of the molecule is C[n+]1ccccc1CCC1CCCCC(N)=N1. The van der Waals surface area contributed by atoms with Gasteiger partial charge in [0.2, 0.25) is 0 Å². The zero-order valence-corrected chi connectivity index (χ0v) is 10.6. The Morgan fingerprint density at radius 2 is 2.29 bits per heavy atom. The zero-order valence-electron chi connectivity index (χ0n) is 10.6. The molecule has 2 N–H and O–H groups in total. The van der Waals surface area contributed by atoms with Crippen LogP contribution in [0.1, 0.15) is 37.8 Å². The van der Waals surface area contributed by atoms with Crippen LogP contribution in [0, 0.1) is 0 Å². The van der Waals surface area contributed by atoms with Crippen LogP contribution in [0.3, 0.4) is 0 Å². The third kappa shape index (κ3) is 3.55. The maximum Gasteiger partial charge on any atom is 0.181 e. The Bertz CT molecular complexity index is 398. The van der Waals surface area contributed by atoms with Crippen LogP contribution in [-0.4, -0.2) is 11.9 Å². The van der Waals surface area contributed by atoms with Gasteiger partial charge in [0.25, 0.3) is 0 Å². The summed E-state index contributed by atoms with van der Waals surface area (Å²) < 4.78 is 2.18. The Morgan fingerprint density at radius 3 is 3.12 bits per heavy atom. The standard InChI is InChI=1S/C14H22N3/c1-17-11-5-4-7-13(17)10-9-12-6-2-3-8-14(15)16-12/h4-5,7,11-12H,2-3,6,8-10H2,1H3,(H2,15,16)/q+1. The number of aromatic nitrogens is 1. The molecule has 0 aromatic carbocycles. The van der Waals surface area contributed by atoms with Gasteiger partial charge in [0.05, 0.1) is 11.9 Å². The van der Waals surface area contributed by atoms with Crippen molar-refractivity contribution >= 4 is 5.84 Å². The van der Waals surface area contributed by atoms with Crippen LogP contribution in [0.5, 0.6) is 0 Å². The lowest BCUT2D eigenvalue weighted by Gasteiger charge is -2.09. The number of amidine groups is 1. The fourth-order valence-corrected chi connectivity index (χ4v) is 2.39. The molecular weight excluding hydrogens is 210 g/mol. The lowest BCUT2D eigenvalue weighted by atomic mass is 10.0. The van der Waals surface area contributed by atoms with E-state index in [2.05, 4.69) is 41.0 Å². The van der Waals surface area contributed by atoms with E-state index in [-0.39, 0.29) is 0 Å². The molecule has 0 spiro atoms. The first-order chi connectivity index (χ1) is 8.25. The first-order valence-electron chi connectivity index (χ1n) is 6.51. The molecule has 17 heavy (non-hydrogen) atoms. The number of nitrogens with zero attached hydrogens (tertiary/aromatic N) is 2. The summed E-state index contributed by atoms with van der Waals surface area (Å²) in [6.45, 7) is 0. The number of rotatable bonds is 3.